The summed E-state index contributed by atoms with van der Waals surface area (Å²) in [5, 5.41) is 0. The predicted octanol–water partition coefficient (Wildman–Crippen LogP) is 0.758. The molecule has 3 nitrogen and oxygen atoms in total. The van der Waals surface area contributed by atoms with Crippen LogP contribution in [0.2, 0.25) is 0 Å². The monoisotopic (exact) mass is 189 g/mol. The summed E-state index contributed by atoms with van der Waals surface area (Å²) in [5.74, 6) is 0. The first-order valence-corrected chi connectivity index (χ1v) is 5.22. The number of likely N-dealkylation sites (N-methyl/N-ethyl adjacent to an activating group) is 1. The number of nitrogens with zero attached hydrogens (tertiary/aromatic N) is 3. The van der Waals surface area contributed by atoms with Crippen LogP contribution in [0.15, 0.2) is 18.5 Å². The van der Waals surface area contributed by atoms with Crippen molar-refractivity contribution in [2.24, 2.45) is 0 Å². The summed E-state index contributed by atoms with van der Waals surface area (Å²) in [4.78, 5) is 9.14. The van der Waals surface area contributed by atoms with Gasteiger partial charge in [0.15, 0.2) is 0 Å². The molecule has 0 amide bonds. The Balaban J connectivity index is 1.94. The second kappa shape index (κ2) is 2.95. The normalized spacial score (nSPS) is 26.1. The number of anilines is 1. The van der Waals surface area contributed by atoms with E-state index in [1.54, 1.807) is 0 Å². The lowest BCUT2D eigenvalue weighted by Crippen LogP contribution is -2.50. The van der Waals surface area contributed by atoms with E-state index in [1.807, 2.05) is 12.4 Å². The van der Waals surface area contributed by atoms with Crippen LogP contribution in [0.1, 0.15) is 5.56 Å². The van der Waals surface area contributed by atoms with E-state index in [1.165, 1.54) is 30.8 Å². The Morgan fingerprint density at radius 2 is 2.36 bits per heavy atom. The lowest BCUT2D eigenvalue weighted by Gasteiger charge is -2.37. The van der Waals surface area contributed by atoms with Crippen LogP contribution in [0, 0.1) is 0 Å². The SMILES string of the molecule is CN1CCN2c3cnccc3CC2C1. The number of hydrogen-bond acceptors (Lipinski definition) is 3. The minimum Gasteiger partial charge on any atom is -0.364 e. The largest absolute Gasteiger partial charge is 0.364 e. The van der Waals surface area contributed by atoms with E-state index in [2.05, 4.69) is 27.9 Å². The summed E-state index contributed by atoms with van der Waals surface area (Å²) in [6.45, 7) is 3.51. The third-order valence-electron chi connectivity index (χ3n) is 3.34. The summed E-state index contributed by atoms with van der Waals surface area (Å²) in [7, 11) is 2.21. The average molecular weight is 189 g/mol. The van der Waals surface area contributed by atoms with Crippen molar-refractivity contribution in [2.45, 2.75) is 12.5 Å². The van der Waals surface area contributed by atoms with E-state index in [4.69, 9.17) is 0 Å². The molecule has 1 aromatic rings. The molecule has 2 aliphatic heterocycles. The zero-order valence-corrected chi connectivity index (χ0v) is 8.48. The third-order valence-corrected chi connectivity index (χ3v) is 3.34. The summed E-state index contributed by atoms with van der Waals surface area (Å²) in [6, 6.07) is 2.85. The first-order valence-electron chi connectivity index (χ1n) is 5.22. The molecule has 3 heterocycles. The number of piperazine rings is 1. The Labute approximate surface area is 84.3 Å². The van der Waals surface area contributed by atoms with Crippen molar-refractivity contribution in [1.82, 2.24) is 9.88 Å². The Kier molecular flexibility index (Phi) is 1.74. The van der Waals surface area contributed by atoms with Gasteiger partial charge in [0, 0.05) is 31.9 Å². The van der Waals surface area contributed by atoms with Gasteiger partial charge in [-0.15, -0.1) is 0 Å². The Morgan fingerprint density at radius 3 is 3.29 bits per heavy atom. The first kappa shape index (κ1) is 8.24. The zero-order valence-electron chi connectivity index (χ0n) is 8.48. The highest BCUT2D eigenvalue weighted by Gasteiger charge is 2.32. The number of rotatable bonds is 0. The van der Waals surface area contributed by atoms with Crippen LogP contribution in [0.3, 0.4) is 0 Å². The fourth-order valence-electron chi connectivity index (χ4n) is 2.60. The fourth-order valence-corrected chi connectivity index (χ4v) is 2.60. The fraction of sp³-hybridized carbons (Fsp3) is 0.545. The van der Waals surface area contributed by atoms with Crippen molar-refractivity contribution in [2.75, 3.05) is 31.6 Å². The van der Waals surface area contributed by atoms with Crippen molar-refractivity contribution in [3.63, 3.8) is 0 Å². The number of hydrogen-bond donors (Lipinski definition) is 0. The highest BCUT2D eigenvalue weighted by atomic mass is 15.3. The number of fused-ring (bicyclic) bond motifs is 3. The molecule has 14 heavy (non-hydrogen) atoms. The van der Waals surface area contributed by atoms with E-state index in [-0.39, 0.29) is 0 Å². The van der Waals surface area contributed by atoms with Gasteiger partial charge in [0.05, 0.1) is 11.9 Å². The van der Waals surface area contributed by atoms with Gasteiger partial charge in [-0.25, -0.2) is 0 Å². The van der Waals surface area contributed by atoms with Crippen molar-refractivity contribution < 1.29 is 0 Å². The van der Waals surface area contributed by atoms with Crippen LogP contribution in [0.5, 0.6) is 0 Å². The topological polar surface area (TPSA) is 19.4 Å². The molecule has 0 aromatic carbocycles. The predicted molar refractivity (Wildman–Crippen MR) is 56.6 cm³/mol. The van der Waals surface area contributed by atoms with Crippen LogP contribution in [-0.4, -0.2) is 42.6 Å². The molecule has 3 heteroatoms. The summed E-state index contributed by atoms with van der Waals surface area (Å²) in [5.41, 5.74) is 2.84. The van der Waals surface area contributed by atoms with Gasteiger partial charge in [-0.2, -0.15) is 0 Å². The van der Waals surface area contributed by atoms with E-state index in [0.717, 1.165) is 6.54 Å². The maximum Gasteiger partial charge on any atom is 0.0589 e. The Bertz CT molecular complexity index is 350. The summed E-state index contributed by atoms with van der Waals surface area (Å²) >= 11 is 0. The molecule has 0 N–H and O–H groups in total. The molecule has 2 aliphatic rings. The van der Waals surface area contributed by atoms with E-state index in [0.29, 0.717) is 6.04 Å². The Hall–Kier alpha value is -1.09. The third kappa shape index (κ3) is 1.12. The van der Waals surface area contributed by atoms with Crippen LogP contribution in [0.4, 0.5) is 5.69 Å². The van der Waals surface area contributed by atoms with E-state index < -0.39 is 0 Å². The van der Waals surface area contributed by atoms with Gasteiger partial charge in [0.2, 0.25) is 0 Å². The van der Waals surface area contributed by atoms with Crippen molar-refractivity contribution in [3.8, 4) is 0 Å². The summed E-state index contributed by atoms with van der Waals surface area (Å²) in [6.07, 6.45) is 5.11. The maximum absolute atomic E-state index is 4.21. The lowest BCUT2D eigenvalue weighted by atomic mass is 10.1. The van der Waals surface area contributed by atoms with Crippen molar-refractivity contribution >= 4 is 5.69 Å². The first-order chi connectivity index (χ1) is 6.84. The van der Waals surface area contributed by atoms with Gasteiger partial charge in [-0.3, -0.25) is 4.98 Å². The number of pyridine rings is 1. The zero-order chi connectivity index (χ0) is 9.54. The lowest BCUT2D eigenvalue weighted by molar-refractivity contribution is 0.273. The minimum absolute atomic E-state index is 0.688. The molecule has 74 valence electrons. The molecule has 0 spiro atoms. The van der Waals surface area contributed by atoms with Gasteiger partial charge in [0.1, 0.15) is 0 Å². The average Bonchev–Trinajstić information content (AvgIpc) is 2.54. The molecule has 1 saturated heterocycles. The second-order valence-corrected chi connectivity index (χ2v) is 4.32. The van der Waals surface area contributed by atoms with Crippen LogP contribution in [-0.2, 0) is 6.42 Å². The smallest absolute Gasteiger partial charge is 0.0589 e. The maximum atomic E-state index is 4.21. The second-order valence-electron chi connectivity index (χ2n) is 4.32. The van der Waals surface area contributed by atoms with Gasteiger partial charge in [-0.05, 0) is 25.1 Å². The molecule has 0 aliphatic carbocycles. The van der Waals surface area contributed by atoms with E-state index in [9.17, 15) is 0 Å². The van der Waals surface area contributed by atoms with Crippen molar-refractivity contribution in [1.29, 1.82) is 0 Å². The number of aromatic nitrogens is 1. The molecule has 1 aromatic heterocycles. The highest BCUT2D eigenvalue weighted by Crippen LogP contribution is 2.32. The Morgan fingerprint density at radius 1 is 1.43 bits per heavy atom. The molecular formula is C11H15N3. The molecule has 0 saturated carbocycles. The molecule has 1 fully saturated rings. The van der Waals surface area contributed by atoms with Crippen LogP contribution < -0.4 is 4.90 Å². The highest BCUT2D eigenvalue weighted by molar-refractivity contribution is 5.58. The van der Waals surface area contributed by atoms with Gasteiger partial charge in [-0.1, -0.05) is 0 Å². The quantitative estimate of drug-likeness (QED) is 0.600. The van der Waals surface area contributed by atoms with Crippen LogP contribution >= 0.6 is 0 Å². The van der Waals surface area contributed by atoms with Crippen LogP contribution in [0.25, 0.3) is 0 Å². The molecule has 3 rings (SSSR count). The van der Waals surface area contributed by atoms with E-state index >= 15 is 0 Å². The molecular weight excluding hydrogens is 174 g/mol. The molecule has 0 bridgehead atoms. The van der Waals surface area contributed by atoms with Gasteiger partial charge in [0.25, 0.3) is 0 Å². The molecule has 1 atom stereocenters. The summed E-state index contributed by atoms with van der Waals surface area (Å²) < 4.78 is 0. The van der Waals surface area contributed by atoms with Crippen molar-refractivity contribution in [3.05, 3.63) is 24.0 Å². The van der Waals surface area contributed by atoms with Gasteiger partial charge >= 0.3 is 0 Å². The molecule has 0 radical (unpaired) electrons. The van der Waals surface area contributed by atoms with Gasteiger partial charge < -0.3 is 9.80 Å². The minimum atomic E-state index is 0.688. The standard InChI is InChI=1S/C11H15N3/c1-13-4-5-14-10(8-13)6-9-2-3-12-7-11(9)14/h2-3,7,10H,4-6,8H2,1H3. The molecule has 1 unspecified atom stereocenters.